The Kier molecular flexibility index (Phi) is 10.3. The molecule has 0 aromatic rings. The summed E-state index contributed by atoms with van der Waals surface area (Å²) in [5, 5.41) is 5.02. The minimum absolute atomic E-state index is 0.445. The molecule has 0 bridgehead atoms. The van der Waals surface area contributed by atoms with Gasteiger partial charge in [0.15, 0.2) is 0 Å². The summed E-state index contributed by atoms with van der Waals surface area (Å²) in [4.78, 5) is 23.8. The highest BCUT2D eigenvalue weighted by atomic mass is 16.2. The van der Waals surface area contributed by atoms with Crippen LogP contribution in [0.2, 0.25) is 0 Å². The zero-order chi connectivity index (χ0) is 16.8. The smallest absolute Gasteiger partial charge is 0.314 e. The lowest BCUT2D eigenvalue weighted by Gasteiger charge is -2.07. The molecule has 0 heterocycles. The summed E-state index contributed by atoms with van der Waals surface area (Å²) >= 11 is 0. The number of amides is 2. The van der Waals surface area contributed by atoms with E-state index in [0.29, 0.717) is 11.4 Å². The van der Waals surface area contributed by atoms with Gasteiger partial charge >= 0.3 is 11.8 Å². The normalized spacial score (nSPS) is 12.8. The van der Waals surface area contributed by atoms with E-state index in [1.54, 1.807) is 48.6 Å². The maximum atomic E-state index is 11.9. The summed E-state index contributed by atoms with van der Waals surface area (Å²) in [6.45, 7) is 10.8. The van der Waals surface area contributed by atoms with E-state index in [4.69, 9.17) is 0 Å². The number of carbonyl (C=O) groups excluding carboxylic acids is 2. The third-order valence-corrected chi connectivity index (χ3v) is 2.25. The molecule has 4 nitrogen and oxygen atoms in total. The van der Waals surface area contributed by atoms with Gasteiger partial charge in [-0.05, 0) is 38.2 Å². The standard InChI is InChI=1S/C18H22N2O2/c1-5-9-13-15(11-7-3)19-17(21)18(22)20-16(12-8-4)14-10-6-2/h5-14H,1,3H2,2,4H3,(H,19,21)(H,20,22)/b10-6-,12-8-,13-9-,15-11+,16-14+. The average molecular weight is 298 g/mol. The number of carbonyl (C=O) groups is 2. The first-order valence-corrected chi connectivity index (χ1v) is 6.78. The Balaban J connectivity index is 4.94. The molecule has 0 aliphatic heterocycles. The quantitative estimate of drug-likeness (QED) is 0.560. The molecule has 0 atom stereocenters. The van der Waals surface area contributed by atoms with Crippen LogP contribution in [0.25, 0.3) is 0 Å². The van der Waals surface area contributed by atoms with Crippen molar-refractivity contribution in [2.45, 2.75) is 13.8 Å². The molecular formula is C18H22N2O2. The van der Waals surface area contributed by atoms with Crippen molar-refractivity contribution < 1.29 is 9.59 Å². The fourth-order valence-corrected chi connectivity index (χ4v) is 1.33. The van der Waals surface area contributed by atoms with E-state index in [0.717, 1.165) is 0 Å². The van der Waals surface area contributed by atoms with Crippen molar-refractivity contribution in [3.63, 3.8) is 0 Å². The minimum atomic E-state index is -0.766. The van der Waals surface area contributed by atoms with Crippen molar-refractivity contribution in [2.24, 2.45) is 0 Å². The number of hydrogen-bond acceptors (Lipinski definition) is 2. The van der Waals surface area contributed by atoms with Crippen LogP contribution in [0.4, 0.5) is 0 Å². The highest BCUT2D eigenvalue weighted by Crippen LogP contribution is 1.96. The third-order valence-electron chi connectivity index (χ3n) is 2.25. The Labute approximate surface area is 132 Å². The molecule has 4 heteroatoms. The summed E-state index contributed by atoms with van der Waals surface area (Å²) < 4.78 is 0. The third kappa shape index (κ3) is 8.32. The van der Waals surface area contributed by atoms with Gasteiger partial charge in [-0.15, -0.1) is 0 Å². The molecule has 0 aliphatic rings. The Morgan fingerprint density at radius 3 is 1.82 bits per heavy atom. The van der Waals surface area contributed by atoms with Gasteiger partial charge in [-0.2, -0.15) is 0 Å². The highest BCUT2D eigenvalue weighted by molar-refractivity contribution is 6.36. The molecule has 116 valence electrons. The van der Waals surface area contributed by atoms with Crippen LogP contribution in [0.3, 0.4) is 0 Å². The number of hydrogen-bond donors (Lipinski definition) is 2. The first-order valence-electron chi connectivity index (χ1n) is 6.78. The van der Waals surface area contributed by atoms with E-state index in [1.165, 1.54) is 6.08 Å². The van der Waals surface area contributed by atoms with Crippen molar-refractivity contribution in [1.82, 2.24) is 10.6 Å². The number of nitrogens with one attached hydrogen (secondary N) is 2. The lowest BCUT2D eigenvalue weighted by molar-refractivity contribution is -0.138. The number of allylic oxidation sites excluding steroid dienone is 10. The summed E-state index contributed by atoms with van der Waals surface area (Å²) in [7, 11) is 0. The van der Waals surface area contributed by atoms with E-state index < -0.39 is 11.8 Å². The second-order valence-electron chi connectivity index (χ2n) is 4.01. The van der Waals surface area contributed by atoms with Crippen molar-refractivity contribution in [3.05, 3.63) is 85.3 Å². The molecule has 0 saturated carbocycles. The second-order valence-corrected chi connectivity index (χ2v) is 4.01. The van der Waals surface area contributed by atoms with E-state index in [1.807, 2.05) is 19.9 Å². The van der Waals surface area contributed by atoms with Crippen LogP contribution < -0.4 is 10.6 Å². The molecule has 2 amide bonds. The largest absolute Gasteiger partial charge is 0.318 e. The maximum Gasteiger partial charge on any atom is 0.314 e. The van der Waals surface area contributed by atoms with Gasteiger partial charge < -0.3 is 10.6 Å². The fraction of sp³-hybridized carbons (Fsp3) is 0.111. The van der Waals surface area contributed by atoms with Crippen LogP contribution >= 0.6 is 0 Å². The molecule has 0 fully saturated rings. The number of rotatable bonds is 7. The molecule has 0 aliphatic carbocycles. The van der Waals surface area contributed by atoms with Gasteiger partial charge in [-0.25, -0.2) is 0 Å². The van der Waals surface area contributed by atoms with E-state index in [-0.39, 0.29) is 0 Å². The Morgan fingerprint density at radius 1 is 0.773 bits per heavy atom. The minimum Gasteiger partial charge on any atom is -0.318 e. The lowest BCUT2D eigenvalue weighted by Crippen LogP contribution is -2.38. The summed E-state index contributed by atoms with van der Waals surface area (Å²) in [5.41, 5.74) is 0.969. The zero-order valence-corrected chi connectivity index (χ0v) is 13.0. The van der Waals surface area contributed by atoms with Crippen LogP contribution in [0.15, 0.2) is 85.3 Å². The van der Waals surface area contributed by atoms with Gasteiger partial charge in [-0.1, -0.05) is 49.6 Å². The molecule has 2 N–H and O–H groups in total. The van der Waals surface area contributed by atoms with Crippen LogP contribution in [-0.4, -0.2) is 11.8 Å². The molecule has 0 rings (SSSR count). The van der Waals surface area contributed by atoms with E-state index in [2.05, 4.69) is 23.8 Å². The molecule has 0 spiro atoms. The first kappa shape index (κ1) is 19.1. The topological polar surface area (TPSA) is 58.2 Å². The summed E-state index contributed by atoms with van der Waals surface area (Å²) in [6, 6.07) is 0. The summed E-state index contributed by atoms with van der Waals surface area (Å²) in [6.07, 6.45) is 16.7. The van der Waals surface area contributed by atoms with Crippen LogP contribution in [0.5, 0.6) is 0 Å². The first-order chi connectivity index (χ1) is 10.6. The molecule has 0 aromatic carbocycles. The highest BCUT2D eigenvalue weighted by Gasteiger charge is 2.14. The van der Waals surface area contributed by atoms with Crippen LogP contribution in [0, 0.1) is 0 Å². The second kappa shape index (κ2) is 11.9. The predicted octanol–water partition coefficient (Wildman–Crippen LogP) is 3.07. The Hall–Kier alpha value is -2.88. The van der Waals surface area contributed by atoms with Crippen molar-refractivity contribution in [2.75, 3.05) is 0 Å². The lowest BCUT2D eigenvalue weighted by atomic mass is 10.3. The Morgan fingerprint density at radius 2 is 1.36 bits per heavy atom. The van der Waals surface area contributed by atoms with Crippen molar-refractivity contribution >= 4 is 11.8 Å². The van der Waals surface area contributed by atoms with E-state index >= 15 is 0 Å². The van der Waals surface area contributed by atoms with Crippen LogP contribution in [-0.2, 0) is 9.59 Å². The van der Waals surface area contributed by atoms with Gasteiger partial charge in [0, 0.05) is 11.4 Å². The van der Waals surface area contributed by atoms with Gasteiger partial charge in [0.1, 0.15) is 0 Å². The Bertz CT molecular complexity index is 548. The molecule has 0 unspecified atom stereocenters. The van der Waals surface area contributed by atoms with E-state index in [9.17, 15) is 9.59 Å². The molecule has 22 heavy (non-hydrogen) atoms. The van der Waals surface area contributed by atoms with Crippen molar-refractivity contribution in [1.29, 1.82) is 0 Å². The average Bonchev–Trinajstić information content (AvgIpc) is 2.50. The van der Waals surface area contributed by atoms with Gasteiger partial charge in [-0.3, -0.25) is 9.59 Å². The van der Waals surface area contributed by atoms with Gasteiger partial charge in [0.25, 0.3) is 0 Å². The van der Waals surface area contributed by atoms with Gasteiger partial charge in [0.2, 0.25) is 0 Å². The van der Waals surface area contributed by atoms with Crippen LogP contribution in [0.1, 0.15) is 13.8 Å². The molecule has 0 radical (unpaired) electrons. The SMILES string of the molecule is C=C/C=C\C(=C/C=C)NC(=O)C(=O)NC(/C=C\C)=C/C=C\C. The molecular weight excluding hydrogens is 276 g/mol. The monoisotopic (exact) mass is 298 g/mol. The maximum absolute atomic E-state index is 11.9. The fourth-order valence-electron chi connectivity index (χ4n) is 1.33. The van der Waals surface area contributed by atoms with Crippen molar-refractivity contribution in [3.8, 4) is 0 Å². The predicted molar refractivity (Wildman–Crippen MR) is 91.6 cm³/mol. The zero-order valence-electron chi connectivity index (χ0n) is 13.0. The molecule has 0 aromatic heterocycles. The summed E-state index contributed by atoms with van der Waals surface area (Å²) in [5.74, 6) is -1.52. The molecule has 0 saturated heterocycles. The van der Waals surface area contributed by atoms with Gasteiger partial charge in [0.05, 0.1) is 0 Å².